The lowest BCUT2D eigenvalue weighted by atomic mass is 9.98. The lowest BCUT2D eigenvalue weighted by molar-refractivity contribution is -0.137. The van der Waals surface area contributed by atoms with Gasteiger partial charge in [0.25, 0.3) is 0 Å². The number of aliphatic carboxylic acids is 1. The molecule has 2 aromatic carbocycles. The third-order valence-electron chi connectivity index (χ3n) is 5.73. The van der Waals surface area contributed by atoms with Crippen LogP contribution in [0.2, 0.25) is 0 Å². The van der Waals surface area contributed by atoms with Crippen molar-refractivity contribution in [2.75, 3.05) is 13.2 Å². The molecule has 2 amide bonds. The second-order valence-electron chi connectivity index (χ2n) is 7.93. The molecule has 0 aromatic heterocycles. The van der Waals surface area contributed by atoms with Gasteiger partial charge in [-0.25, -0.2) is 4.79 Å². The lowest BCUT2D eigenvalue weighted by Gasteiger charge is -2.18. The Morgan fingerprint density at radius 1 is 0.969 bits per heavy atom. The largest absolute Gasteiger partial charge is 0.481 e. The van der Waals surface area contributed by atoms with Gasteiger partial charge in [0.15, 0.2) is 0 Å². The molecule has 3 N–H and O–H groups in total. The van der Waals surface area contributed by atoms with E-state index in [0.29, 0.717) is 25.8 Å². The number of unbranched alkanes of at least 4 members (excludes halogenated alkanes) is 2. The molecule has 7 nitrogen and oxygen atoms in total. The zero-order valence-corrected chi connectivity index (χ0v) is 18.3. The van der Waals surface area contributed by atoms with E-state index in [-0.39, 0.29) is 24.9 Å². The van der Waals surface area contributed by atoms with E-state index in [9.17, 15) is 14.4 Å². The van der Waals surface area contributed by atoms with Crippen LogP contribution in [0.1, 0.15) is 56.1 Å². The highest BCUT2D eigenvalue weighted by Crippen LogP contribution is 2.44. The molecule has 0 spiro atoms. The second kappa shape index (κ2) is 11.3. The van der Waals surface area contributed by atoms with Gasteiger partial charge < -0.3 is 20.5 Å². The van der Waals surface area contributed by atoms with E-state index in [1.165, 1.54) is 0 Å². The minimum absolute atomic E-state index is 0.0344. The molecule has 0 bridgehead atoms. The van der Waals surface area contributed by atoms with Crippen LogP contribution in [0.15, 0.2) is 48.5 Å². The minimum Gasteiger partial charge on any atom is -0.481 e. The van der Waals surface area contributed by atoms with E-state index < -0.39 is 18.1 Å². The van der Waals surface area contributed by atoms with Crippen molar-refractivity contribution in [3.05, 3.63) is 59.7 Å². The van der Waals surface area contributed by atoms with Crippen molar-refractivity contribution >= 4 is 18.0 Å². The number of fused-ring (bicyclic) bond motifs is 3. The monoisotopic (exact) mass is 438 g/mol. The fraction of sp³-hybridized carbons (Fsp3) is 0.400. The smallest absolute Gasteiger partial charge is 0.407 e. The molecule has 0 saturated heterocycles. The second-order valence-corrected chi connectivity index (χ2v) is 7.93. The van der Waals surface area contributed by atoms with Gasteiger partial charge in [-0.15, -0.1) is 0 Å². The fourth-order valence-electron chi connectivity index (χ4n) is 4.05. The van der Waals surface area contributed by atoms with Gasteiger partial charge >= 0.3 is 12.1 Å². The summed E-state index contributed by atoms with van der Waals surface area (Å²) in [6.45, 7) is 2.46. The van der Waals surface area contributed by atoms with Crippen LogP contribution < -0.4 is 10.6 Å². The number of ether oxygens (including phenoxy) is 1. The number of carbonyl (C=O) groups excluding carboxylic acids is 2. The average Bonchev–Trinajstić information content (AvgIpc) is 3.11. The number of carbonyl (C=O) groups is 3. The summed E-state index contributed by atoms with van der Waals surface area (Å²) in [6.07, 6.45) is 1.96. The number of alkyl carbamates (subject to hydrolysis) is 1. The maximum Gasteiger partial charge on any atom is 0.407 e. The van der Waals surface area contributed by atoms with Crippen LogP contribution in [0.3, 0.4) is 0 Å². The van der Waals surface area contributed by atoms with Crippen LogP contribution in [0.25, 0.3) is 11.1 Å². The first-order chi connectivity index (χ1) is 15.5. The molecule has 1 aliphatic rings. The SMILES string of the molecule is CC[C@@H](NC(=O)OCC1c2ccccc2-c2ccccc21)C(=O)NCCCCCC(=O)O. The van der Waals surface area contributed by atoms with Crippen molar-refractivity contribution in [1.29, 1.82) is 0 Å². The molecule has 0 fully saturated rings. The number of hydrogen-bond acceptors (Lipinski definition) is 4. The maximum absolute atomic E-state index is 12.4. The van der Waals surface area contributed by atoms with E-state index >= 15 is 0 Å². The van der Waals surface area contributed by atoms with Gasteiger partial charge in [-0.3, -0.25) is 9.59 Å². The average molecular weight is 439 g/mol. The minimum atomic E-state index is -0.813. The summed E-state index contributed by atoms with van der Waals surface area (Å²) in [5.74, 6) is -1.11. The third kappa shape index (κ3) is 5.87. The summed E-state index contributed by atoms with van der Waals surface area (Å²) in [5.41, 5.74) is 4.58. The van der Waals surface area contributed by atoms with Crippen molar-refractivity contribution < 1.29 is 24.2 Å². The molecule has 0 radical (unpaired) electrons. The Hall–Kier alpha value is -3.35. The maximum atomic E-state index is 12.4. The van der Waals surface area contributed by atoms with E-state index in [4.69, 9.17) is 9.84 Å². The molecule has 0 aliphatic heterocycles. The van der Waals surface area contributed by atoms with Gasteiger partial charge in [0.2, 0.25) is 5.91 Å². The summed E-state index contributed by atoms with van der Waals surface area (Å²) in [5, 5.41) is 14.1. The van der Waals surface area contributed by atoms with Gasteiger partial charge in [0.05, 0.1) is 0 Å². The molecule has 170 valence electrons. The molecule has 0 heterocycles. The molecule has 3 rings (SSSR count). The van der Waals surface area contributed by atoms with Crippen LogP contribution in [0, 0.1) is 0 Å². The number of nitrogens with one attached hydrogen (secondary N) is 2. The lowest BCUT2D eigenvalue weighted by Crippen LogP contribution is -2.46. The third-order valence-corrected chi connectivity index (χ3v) is 5.73. The number of hydrogen-bond donors (Lipinski definition) is 3. The standard InChI is InChI=1S/C25H30N2O5/c1-2-22(24(30)26-15-9-3-4-14-23(28)29)27-25(31)32-16-21-19-12-7-5-10-17(19)18-11-6-8-13-20(18)21/h5-8,10-13,21-22H,2-4,9,14-16H2,1H3,(H,26,30)(H,27,31)(H,28,29)/t22-/m1/s1. The highest BCUT2D eigenvalue weighted by molar-refractivity contribution is 5.85. The predicted molar refractivity (Wildman–Crippen MR) is 121 cm³/mol. The molecule has 7 heteroatoms. The number of rotatable bonds is 11. The Labute approximate surface area is 188 Å². The van der Waals surface area contributed by atoms with Gasteiger partial charge in [0.1, 0.15) is 12.6 Å². The molecule has 1 aliphatic carbocycles. The highest BCUT2D eigenvalue weighted by atomic mass is 16.5. The molecule has 1 atom stereocenters. The number of carboxylic acids is 1. The first-order valence-electron chi connectivity index (χ1n) is 11.1. The zero-order valence-electron chi connectivity index (χ0n) is 18.3. The quantitative estimate of drug-likeness (QED) is 0.459. The Morgan fingerprint density at radius 2 is 1.59 bits per heavy atom. The van der Waals surface area contributed by atoms with Crippen molar-refractivity contribution in [2.24, 2.45) is 0 Å². The van der Waals surface area contributed by atoms with Crippen LogP contribution in [0.4, 0.5) is 4.79 Å². The van der Waals surface area contributed by atoms with Crippen molar-refractivity contribution in [1.82, 2.24) is 10.6 Å². The summed E-state index contributed by atoms with van der Waals surface area (Å²) in [7, 11) is 0. The summed E-state index contributed by atoms with van der Waals surface area (Å²) >= 11 is 0. The molecule has 0 saturated carbocycles. The van der Waals surface area contributed by atoms with Crippen molar-refractivity contribution in [3.63, 3.8) is 0 Å². The normalized spacial score (nSPS) is 13.0. The molecular weight excluding hydrogens is 408 g/mol. The highest BCUT2D eigenvalue weighted by Gasteiger charge is 2.29. The first-order valence-corrected chi connectivity index (χ1v) is 11.1. The first kappa shape index (κ1) is 23.3. The topological polar surface area (TPSA) is 105 Å². The fourth-order valence-corrected chi connectivity index (χ4v) is 4.05. The molecule has 2 aromatic rings. The van der Waals surface area contributed by atoms with Crippen molar-refractivity contribution in [2.45, 2.75) is 51.0 Å². The Morgan fingerprint density at radius 3 is 2.19 bits per heavy atom. The van der Waals surface area contributed by atoms with Gasteiger partial charge in [-0.2, -0.15) is 0 Å². The van der Waals surface area contributed by atoms with Crippen LogP contribution in [-0.4, -0.2) is 42.3 Å². The Kier molecular flexibility index (Phi) is 8.25. The van der Waals surface area contributed by atoms with Crippen molar-refractivity contribution in [3.8, 4) is 11.1 Å². The number of amides is 2. The zero-order chi connectivity index (χ0) is 22.9. The Bertz CT molecular complexity index is 913. The van der Waals surface area contributed by atoms with Gasteiger partial charge in [-0.05, 0) is 41.5 Å². The van der Waals surface area contributed by atoms with Crippen LogP contribution in [0.5, 0.6) is 0 Å². The molecular formula is C25H30N2O5. The number of benzene rings is 2. The summed E-state index contributed by atoms with van der Waals surface area (Å²) in [4.78, 5) is 35.3. The number of carboxylic acid groups (broad SMARTS) is 1. The van der Waals surface area contributed by atoms with Gasteiger partial charge in [-0.1, -0.05) is 61.9 Å². The van der Waals surface area contributed by atoms with E-state index in [2.05, 4.69) is 34.9 Å². The van der Waals surface area contributed by atoms with Gasteiger partial charge in [0, 0.05) is 18.9 Å². The molecule has 0 unspecified atom stereocenters. The van der Waals surface area contributed by atoms with E-state index in [1.807, 2.05) is 31.2 Å². The Balaban J connectivity index is 1.47. The summed E-state index contributed by atoms with van der Waals surface area (Å²) in [6, 6.07) is 15.6. The predicted octanol–water partition coefficient (Wildman–Crippen LogP) is 4.06. The molecule has 32 heavy (non-hydrogen) atoms. The van der Waals surface area contributed by atoms with Crippen LogP contribution in [-0.2, 0) is 14.3 Å². The summed E-state index contributed by atoms with van der Waals surface area (Å²) < 4.78 is 5.52. The van der Waals surface area contributed by atoms with E-state index in [1.54, 1.807) is 0 Å². The van der Waals surface area contributed by atoms with E-state index in [0.717, 1.165) is 28.7 Å². The van der Waals surface area contributed by atoms with Crippen LogP contribution >= 0.6 is 0 Å².